The van der Waals surface area contributed by atoms with Crippen molar-refractivity contribution in [3.63, 3.8) is 0 Å². The van der Waals surface area contributed by atoms with Crippen LogP contribution in [0.25, 0.3) is 0 Å². The Hall–Kier alpha value is -3.84. The third kappa shape index (κ3) is 4.86. The average molecular weight is 485 g/mol. The first-order valence-corrected chi connectivity index (χ1v) is 12.5. The molecule has 3 aromatic carbocycles. The number of carbonyl (C=O) groups is 3. The maximum atomic E-state index is 13.3. The number of esters is 1. The lowest BCUT2D eigenvalue weighted by Crippen LogP contribution is -2.70. The van der Waals surface area contributed by atoms with Crippen molar-refractivity contribution in [2.24, 2.45) is 0 Å². The van der Waals surface area contributed by atoms with Crippen molar-refractivity contribution in [1.82, 2.24) is 10.2 Å². The second kappa shape index (κ2) is 10.2. The van der Waals surface area contributed by atoms with Gasteiger partial charge in [0, 0.05) is 5.75 Å². The van der Waals surface area contributed by atoms with Crippen molar-refractivity contribution in [3.05, 3.63) is 119 Å². The molecule has 1 unspecified atom stereocenters. The Kier molecular flexibility index (Phi) is 6.68. The van der Waals surface area contributed by atoms with Gasteiger partial charge >= 0.3 is 5.97 Å². The van der Waals surface area contributed by atoms with E-state index in [-0.39, 0.29) is 29.3 Å². The van der Waals surface area contributed by atoms with Gasteiger partial charge in [0.25, 0.3) is 5.91 Å². The molecule has 0 aromatic heterocycles. The molecule has 2 atom stereocenters. The number of hydrogen-bond acceptors (Lipinski definition) is 5. The molecule has 0 radical (unpaired) electrons. The normalized spacial score (nSPS) is 18.8. The number of amides is 2. The lowest BCUT2D eigenvalue weighted by molar-refractivity contribution is -0.154. The quantitative estimate of drug-likeness (QED) is 0.407. The smallest absolute Gasteiger partial charge is 0.355 e. The van der Waals surface area contributed by atoms with Crippen LogP contribution in [0, 0.1) is 0 Å². The molecule has 0 aliphatic carbocycles. The number of benzene rings is 3. The highest BCUT2D eigenvalue weighted by Gasteiger charge is 2.53. The van der Waals surface area contributed by atoms with Crippen molar-refractivity contribution in [2.45, 2.75) is 23.9 Å². The topological polar surface area (TPSA) is 75.7 Å². The minimum Gasteiger partial charge on any atom is -0.448 e. The first-order chi connectivity index (χ1) is 17.1. The Morgan fingerprint density at radius 2 is 1.49 bits per heavy atom. The maximum absolute atomic E-state index is 13.3. The van der Waals surface area contributed by atoms with E-state index in [4.69, 9.17) is 4.74 Å². The van der Waals surface area contributed by atoms with Gasteiger partial charge in [0.05, 0.1) is 6.42 Å². The van der Waals surface area contributed by atoms with E-state index in [1.165, 1.54) is 16.7 Å². The Labute approximate surface area is 208 Å². The monoisotopic (exact) mass is 484 g/mol. The van der Waals surface area contributed by atoms with Gasteiger partial charge in [-0.25, -0.2) is 4.79 Å². The van der Waals surface area contributed by atoms with Gasteiger partial charge < -0.3 is 10.1 Å². The first-order valence-electron chi connectivity index (χ1n) is 11.4. The Bertz CT molecular complexity index is 1210. The summed E-state index contributed by atoms with van der Waals surface area (Å²) in [6, 6.07) is 27.7. The summed E-state index contributed by atoms with van der Waals surface area (Å²) in [5, 5.41) is 2.50. The van der Waals surface area contributed by atoms with Crippen LogP contribution in [0.1, 0.15) is 22.8 Å². The van der Waals surface area contributed by atoms with Crippen molar-refractivity contribution in [1.29, 1.82) is 0 Å². The van der Waals surface area contributed by atoms with E-state index < -0.39 is 18.1 Å². The molecule has 0 spiro atoms. The predicted octanol–water partition coefficient (Wildman–Crippen LogP) is 3.85. The minimum absolute atomic E-state index is 0.197. The van der Waals surface area contributed by atoms with Crippen LogP contribution in [0.2, 0.25) is 0 Å². The molecule has 2 aliphatic heterocycles. The van der Waals surface area contributed by atoms with Crippen LogP contribution in [-0.4, -0.2) is 39.9 Å². The fraction of sp³-hybridized carbons (Fsp3) is 0.179. The van der Waals surface area contributed by atoms with E-state index >= 15 is 0 Å². The first kappa shape index (κ1) is 22.9. The van der Waals surface area contributed by atoms with E-state index in [9.17, 15) is 14.4 Å². The molecule has 2 amide bonds. The maximum Gasteiger partial charge on any atom is 0.355 e. The zero-order chi connectivity index (χ0) is 24.2. The van der Waals surface area contributed by atoms with Gasteiger partial charge in [-0.05, 0) is 22.8 Å². The van der Waals surface area contributed by atoms with Crippen LogP contribution in [-0.2, 0) is 25.5 Å². The zero-order valence-electron chi connectivity index (χ0n) is 18.9. The molecule has 35 heavy (non-hydrogen) atoms. The standard InChI is InChI=1S/C28H24N2O4S/c31-23(18-19-10-4-1-5-11-19)29-24-26(32)30-22(16-17-35-27(24)30)28(33)34-25(20-12-6-2-7-13-20)21-14-8-3-9-15-21/h1-16,24-25,27H,17-18H2,(H,29,31)/t24?,27-/m0/s1. The largest absolute Gasteiger partial charge is 0.448 e. The number of rotatable bonds is 7. The van der Waals surface area contributed by atoms with Crippen LogP contribution < -0.4 is 5.32 Å². The van der Waals surface area contributed by atoms with Crippen molar-refractivity contribution >= 4 is 29.5 Å². The fourth-order valence-corrected chi connectivity index (χ4v) is 5.48. The number of β-lactam (4-membered cyclic amide) rings is 1. The van der Waals surface area contributed by atoms with Crippen molar-refractivity contribution < 1.29 is 19.1 Å². The molecule has 7 heteroatoms. The minimum atomic E-state index is -0.660. The number of hydrogen-bond donors (Lipinski definition) is 1. The van der Waals surface area contributed by atoms with Gasteiger partial charge in [-0.3, -0.25) is 14.5 Å². The van der Waals surface area contributed by atoms with Crippen molar-refractivity contribution in [3.8, 4) is 0 Å². The second-order valence-corrected chi connectivity index (χ2v) is 9.49. The van der Waals surface area contributed by atoms with E-state index in [2.05, 4.69) is 5.32 Å². The number of ether oxygens (including phenoxy) is 1. The second-order valence-electron chi connectivity index (χ2n) is 8.34. The highest BCUT2D eigenvalue weighted by molar-refractivity contribution is 8.00. The summed E-state index contributed by atoms with van der Waals surface area (Å²) in [6.07, 6.45) is 1.32. The van der Waals surface area contributed by atoms with Crippen LogP contribution in [0.3, 0.4) is 0 Å². The number of thioether (sulfide) groups is 1. The third-order valence-corrected chi connectivity index (χ3v) is 7.19. The lowest BCUT2D eigenvalue weighted by atomic mass is 10.0. The summed E-state index contributed by atoms with van der Waals surface area (Å²) in [7, 11) is 0. The predicted molar refractivity (Wildman–Crippen MR) is 134 cm³/mol. The molecular formula is C28H24N2O4S. The molecule has 0 saturated carbocycles. The highest BCUT2D eigenvalue weighted by Crippen LogP contribution is 2.39. The zero-order valence-corrected chi connectivity index (χ0v) is 19.7. The number of fused-ring (bicyclic) bond motifs is 1. The van der Waals surface area contributed by atoms with Gasteiger partial charge in [-0.2, -0.15) is 0 Å². The summed E-state index contributed by atoms with van der Waals surface area (Å²) in [6.45, 7) is 0. The summed E-state index contributed by atoms with van der Waals surface area (Å²) in [5.74, 6) is -0.537. The molecule has 1 saturated heterocycles. The molecular weight excluding hydrogens is 460 g/mol. The Balaban J connectivity index is 1.28. The number of nitrogens with zero attached hydrogens (tertiary/aromatic N) is 1. The van der Waals surface area contributed by atoms with Gasteiger partial charge in [-0.15, -0.1) is 11.8 Å². The van der Waals surface area contributed by atoms with Gasteiger partial charge in [-0.1, -0.05) is 91.0 Å². The van der Waals surface area contributed by atoms with Crippen LogP contribution >= 0.6 is 11.8 Å². The van der Waals surface area contributed by atoms with Gasteiger partial charge in [0.15, 0.2) is 6.10 Å². The fourth-order valence-electron chi connectivity index (χ4n) is 4.29. The molecule has 5 rings (SSSR count). The van der Waals surface area contributed by atoms with E-state index in [1.807, 2.05) is 91.0 Å². The summed E-state index contributed by atoms with van der Waals surface area (Å²) >= 11 is 1.51. The Morgan fingerprint density at radius 1 is 0.914 bits per heavy atom. The third-order valence-electron chi connectivity index (χ3n) is 6.01. The molecule has 176 valence electrons. The molecule has 1 N–H and O–H groups in total. The van der Waals surface area contributed by atoms with Gasteiger partial charge in [0.2, 0.25) is 5.91 Å². The summed E-state index contributed by atoms with van der Waals surface area (Å²) < 4.78 is 5.96. The van der Waals surface area contributed by atoms with Crippen LogP contribution in [0.5, 0.6) is 0 Å². The van der Waals surface area contributed by atoms with E-state index in [1.54, 1.807) is 6.08 Å². The number of nitrogens with one attached hydrogen (secondary N) is 1. The molecule has 0 bridgehead atoms. The van der Waals surface area contributed by atoms with E-state index in [0.717, 1.165) is 16.7 Å². The molecule has 3 aromatic rings. The Morgan fingerprint density at radius 3 is 2.09 bits per heavy atom. The van der Waals surface area contributed by atoms with Crippen LogP contribution in [0.15, 0.2) is 103 Å². The highest BCUT2D eigenvalue weighted by atomic mass is 32.2. The SMILES string of the molecule is O=C(Cc1ccccc1)NC1C(=O)N2C(C(=O)OC(c3ccccc3)c3ccccc3)=CCS[C@@H]12. The molecule has 2 heterocycles. The number of carbonyl (C=O) groups excluding carboxylic acids is 3. The molecule has 1 fully saturated rings. The van der Waals surface area contributed by atoms with Crippen molar-refractivity contribution in [2.75, 3.05) is 5.75 Å². The summed E-state index contributed by atoms with van der Waals surface area (Å²) in [5.41, 5.74) is 2.79. The van der Waals surface area contributed by atoms with E-state index in [0.29, 0.717) is 5.75 Å². The van der Waals surface area contributed by atoms with Gasteiger partial charge in [0.1, 0.15) is 17.1 Å². The molecule has 6 nitrogen and oxygen atoms in total. The summed E-state index contributed by atoms with van der Waals surface area (Å²) in [4.78, 5) is 40.2. The molecule has 2 aliphatic rings. The van der Waals surface area contributed by atoms with Crippen LogP contribution in [0.4, 0.5) is 0 Å². The average Bonchev–Trinajstić information content (AvgIpc) is 2.91. The lowest BCUT2D eigenvalue weighted by Gasteiger charge is -2.48.